The van der Waals surface area contributed by atoms with Crippen molar-refractivity contribution in [1.29, 1.82) is 0 Å². The predicted octanol–water partition coefficient (Wildman–Crippen LogP) is 1.39. The minimum Gasteiger partial charge on any atom is -0.385 e. The van der Waals surface area contributed by atoms with Gasteiger partial charge in [0.2, 0.25) is 0 Å². The Labute approximate surface area is 86.4 Å². The number of Topliss-reactive ketones (excluding diaryl/α,β-unsaturated/α-hetero) is 1. The van der Waals surface area contributed by atoms with Gasteiger partial charge in [-0.15, -0.1) is 12.4 Å². The maximum Gasteiger partial charge on any atom is 0.149 e. The van der Waals surface area contributed by atoms with Gasteiger partial charge >= 0.3 is 0 Å². The van der Waals surface area contributed by atoms with Gasteiger partial charge in [-0.05, 0) is 12.3 Å². The molecule has 1 atom stereocenters. The lowest BCUT2D eigenvalue weighted by molar-refractivity contribution is -0.121. The van der Waals surface area contributed by atoms with Gasteiger partial charge < -0.3 is 10.5 Å². The minimum absolute atomic E-state index is 0. The van der Waals surface area contributed by atoms with Crippen LogP contribution in [0, 0.1) is 5.92 Å². The van der Waals surface area contributed by atoms with E-state index in [0.29, 0.717) is 13.0 Å². The van der Waals surface area contributed by atoms with Crippen LogP contribution >= 0.6 is 12.4 Å². The van der Waals surface area contributed by atoms with Crippen LogP contribution in [0.25, 0.3) is 0 Å². The second-order valence-corrected chi connectivity index (χ2v) is 3.33. The van der Waals surface area contributed by atoms with Crippen molar-refractivity contribution in [2.24, 2.45) is 11.7 Å². The van der Waals surface area contributed by atoms with E-state index in [0.717, 1.165) is 6.42 Å². The van der Waals surface area contributed by atoms with Crippen LogP contribution in [-0.4, -0.2) is 25.5 Å². The Morgan fingerprint density at radius 1 is 1.46 bits per heavy atom. The van der Waals surface area contributed by atoms with E-state index in [1.54, 1.807) is 7.11 Å². The number of hydrogen-bond acceptors (Lipinski definition) is 3. The number of ether oxygens (including phenoxy) is 1. The van der Waals surface area contributed by atoms with E-state index in [1.165, 1.54) is 0 Å². The lowest BCUT2D eigenvalue weighted by Gasteiger charge is -2.13. The molecule has 0 heterocycles. The molecule has 0 aliphatic heterocycles. The monoisotopic (exact) mass is 209 g/mol. The molecule has 80 valence electrons. The number of nitrogens with two attached hydrogens (primary N) is 1. The molecule has 0 bridgehead atoms. The molecule has 0 aromatic rings. The van der Waals surface area contributed by atoms with E-state index in [1.807, 2.05) is 13.8 Å². The summed E-state index contributed by atoms with van der Waals surface area (Å²) in [7, 11) is 1.63. The molecule has 0 unspecified atom stereocenters. The second kappa shape index (κ2) is 8.48. The van der Waals surface area contributed by atoms with Crippen molar-refractivity contribution in [3.05, 3.63) is 0 Å². The van der Waals surface area contributed by atoms with E-state index >= 15 is 0 Å². The van der Waals surface area contributed by atoms with Crippen molar-refractivity contribution in [2.75, 3.05) is 13.7 Å². The highest BCUT2D eigenvalue weighted by Crippen LogP contribution is 2.03. The molecule has 0 fully saturated rings. The molecule has 0 aliphatic carbocycles. The molecule has 0 amide bonds. The molecule has 0 aliphatic rings. The van der Waals surface area contributed by atoms with Gasteiger partial charge in [0.15, 0.2) is 0 Å². The molecule has 0 radical (unpaired) electrons. The van der Waals surface area contributed by atoms with Gasteiger partial charge in [-0.1, -0.05) is 13.8 Å². The molecule has 4 heteroatoms. The first kappa shape index (κ1) is 15.4. The Morgan fingerprint density at radius 3 is 2.38 bits per heavy atom. The normalized spacial score (nSPS) is 12.4. The summed E-state index contributed by atoms with van der Waals surface area (Å²) in [5.41, 5.74) is 5.65. The van der Waals surface area contributed by atoms with Crippen LogP contribution in [0.1, 0.15) is 26.7 Å². The van der Waals surface area contributed by atoms with Crippen molar-refractivity contribution >= 4 is 18.2 Å². The van der Waals surface area contributed by atoms with E-state index in [4.69, 9.17) is 10.5 Å². The molecule has 0 aromatic heterocycles. The van der Waals surface area contributed by atoms with Gasteiger partial charge in [0.25, 0.3) is 0 Å². The van der Waals surface area contributed by atoms with Crippen molar-refractivity contribution in [3.8, 4) is 0 Å². The second-order valence-electron chi connectivity index (χ2n) is 3.33. The fraction of sp³-hybridized carbons (Fsp3) is 0.889. The van der Waals surface area contributed by atoms with Crippen molar-refractivity contribution in [3.63, 3.8) is 0 Å². The largest absolute Gasteiger partial charge is 0.385 e. The SMILES string of the molecule is COCCCC(=O)[C@H](N)C(C)C.Cl. The molecule has 3 nitrogen and oxygen atoms in total. The highest BCUT2D eigenvalue weighted by atomic mass is 35.5. The van der Waals surface area contributed by atoms with Crippen LogP contribution in [0.2, 0.25) is 0 Å². The Bertz CT molecular complexity index is 140. The quantitative estimate of drug-likeness (QED) is 0.673. The Balaban J connectivity index is 0. The molecule has 13 heavy (non-hydrogen) atoms. The van der Waals surface area contributed by atoms with Crippen LogP contribution in [0.15, 0.2) is 0 Å². The Morgan fingerprint density at radius 2 is 2.00 bits per heavy atom. The zero-order valence-corrected chi connectivity index (χ0v) is 9.39. The average Bonchev–Trinajstić information content (AvgIpc) is 2.03. The third kappa shape index (κ3) is 6.99. The van der Waals surface area contributed by atoms with Gasteiger partial charge in [0.05, 0.1) is 6.04 Å². The van der Waals surface area contributed by atoms with Gasteiger partial charge in [-0.2, -0.15) is 0 Å². The summed E-state index contributed by atoms with van der Waals surface area (Å²) in [6.07, 6.45) is 1.31. The number of carbonyl (C=O) groups excluding carboxylic acids is 1. The number of methoxy groups -OCH3 is 1. The first-order valence-corrected chi connectivity index (χ1v) is 4.36. The topological polar surface area (TPSA) is 52.3 Å². The zero-order valence-electron chi connectivity index (χ0n) is 8.58. The average molecular weight is 210 g/mol. The summed E-state index contributed by atoms with van der Waals surface area (Å²) < 4.78 is 4.84. The van der Waals surface area contributed by atoms with Crippen LogP contribution in [0.3, 0.4) is 0 Å². The molecule has 0 aromatic carbocycles. The molecule has 0 saturated carbocycles. The predicted molar refractivity (Wildman–Crippen MR) is 56.2 cm³/mol. The maximum absolute atomic E-state index is 11.3. The van der Waals surface area contributed by atoms with Crippen LogP contribution < -0.4 is 5.73 Å². The fourth-order valence-corrected chi connectivity index (χ4v) is 0.929. The van der Waals surface area contributed by atoms with Crippen molar-refractivity contribution < 1.29 is 9.53 Å². The van der Waals surface area contributed by atoms with E-state index in [-0.39, 0.29) is 30.2 Å². The molecule has 2 N–H and O–H groups in total. The van der Waals surface area contributed by atoms with Crippen LogP contribution in [0.4, 0.5) is 0 Å². The third-order valence-electron chi connectivity index (χ3n) is 1.86. The number of rotatable bonds is 6. The summed E-state index contributed by atoms with van der Waals surface area (Å²) in [4.78, 5) is 11.3. The molecule has 0 spiro atoms. The summed E-state index contributed by atoms with van der Waals surface area (Å²) in [6, 6.07) is -0.304. The lowest BCUT2D eigenvalue weighted by atomic mass is 9.98. The number of halogens is 1. The number of hydrogen-bond donors (Lipinski definition) is 1. The van der Waals surface area contributed by atoms with Crippen molar-refractivity contribution in [2.45, 2.75) is 32.7 Å². The number of ketones is 1. The minimum atomic E-state index is -0.304. The lowest BCUT2D eigenvalue weighted by Crippen LogP contribution is -2.35. The third-order valence-corrected chi connectivity index (χ3v) is 1.86. The molecule has 0 rings (SSSR count). The first-order chi connectivity index (χ1) is 5.59. The first-order valence-electron chi connectivity index (χ1n) is 4.36. The van der Waals surface area contributed by atoms with Crippen LogP contribution in [-0.2, 0) is 9.53 Å². The highest BCUT2D eigenvalue weighted by molar-refractivity contribution is 5.85. The summed E-state index contributed by atoms with van der Waals surface area (Å²) in [5.74, 6) is 0.377. The van der Waals surface area contributed by atoms with Gasteiger partial charge in [0.1, 0.15) is 5.78 Å². The van der Waals surface area contributed by atoms with Crippen molar-refractivity contribution in [1.82, 2.24) is 0 Å². The molecular weight excluding hydrogens is 190 g/mol. The van der Waals surface area contributed by atoms with Gasteiger partial charge in [-0.25, -0.2) is 0 Å². The zero-order chi connectivity index (χ0) is 9.56. The summed E-state index contributed by atoms with van der Waals surface area (Å²) >= 11 is 0. The summed E-state index contributed by atoms with van der Waals surface area (Å²) in [6.45, 7) is 4.55. The Hall–Kier alpha value is -0.120. The molecule has 0 saturated heterocycles. The number of carbonyl (C=O) groups is 1. The maximum atomic E-state index is 11.3. The van der Waals surface area contributed by atoms with E-state index in [2.05, 4.69) is 0 Å². The standard InChI is InChI=1S/C9H19NO2.ClH/c1-7(2)9(10)8(11)5-4-6-12-3;/h7,9H,4-6,10H2,1-3H3;1H/t9-;/m1./s1. The van der Waals surface area contributed by atoms with E-state index < -0.39 is 0 Å². The van der Waals surface area contributed by atoms with Gasteiger partial charge in [-0.3, -0.25) is 4.79 Å². The molecular formula is C9H20ClNO2. The smallest absolute Gasteiger partial charge is 0.149 e. The fourth-order valence-electron chi connectivity index (χ4n) is 0.929. The van der Waals surface area contributed by atoms with Crippen LogP contribution in [0.5, 0.6) is 0 Å². The Kier molecular flexibility index (Phi) is 10.0. The summed E-state index contributed by atoms with van der Waals surface area (Å²) in [5, 5.41) is 0. The van der Waals surface area contributed by atoms with Gasteiger partial charge in [0, 0.05) is 20.1 Å². The van der Waals surface area contributed by atoms with E-state index in [9.17, 15) is 4.79 Å². The highest BCUT2D eigenvalue weighted by Gasteiger charge is 2.15.